The summed E-state index contributed by atoms with van der Waals surface area (Å²) in [4.78, 5) is 34.2. The Bertz CT molecular complexity index is 1040. The van der Waals surface area contributed by atoms with E-state index in [1.54, 1.807) is 35.4 Å². The minimum Gasteiger partial charge on any atom is -0.484 e. The first-order valence-corrected chi connectivity index (χ1v) is 9.86. The molecule has 2 aromatic heterocycles. The Labute approximate surface area is 178 Å². The first-order valence-electron chi connectivity index (χ1n) is 9.86. The Hall–Kier alpha value is -3.79. The molecular weight excluding hydrogens is 400 g/mol. The van der Waals surface area contributed by atoms with Crippen molar-refractivity contribution in [2.24, 2.45) is 0 Å². The number of carbonyl (C=O) groups excluding carboxylic acids is 2. The topological polar surface area (TPSA) is 122 Å². The normalized spacial score (nSPS) is 16.0. The zero-order chi connectivity index (χ0) is 21.6. The number of hydrogen-bond acceptors (Lipinski definition) is 8. The van der Waals surface area contributed by atoms with Crippen LogP contribution in [0.25, 0.3) is 11.4 Å². The summed E-state index contributed by atoms with van der Waals surface area (Å²) in [5.74, 6) is 1.41. The lowest BCUT2D eigenvalue weighted by molar-refractivity contribution is -0.137. The average molecular weight is 422 g/mol. The van der Waals surface area contributed by atoms with Crippen molar-refractivity contribution in [1.82, 2.24) is 25.3 Å². The van der Waals surface area contributed by atoms with Crippen LogP contribution in [0.2, 0.25) is 0 Å². The lowest BCUT2D eigenvalue weighted by Crippen LogP contribution is -2.50. The number of amides is 2. The highest BCUT2D eigenvalue weighted by atomic mass is 16.5. The van der Waals surface area contributed by atoms with Crippen LogP contribution in [0.4, 0.5) is 5.82 Å². The number of para-hydroxylation sites is 1. The molecule has 1 saturated heterocycles. The number of rotatable bonds is 6. The van der Waals surface area contributed by atoms with E-state index in [2.05, 4.69) is 25.8 Å². The van der Waals surface area contributed by atoms with Crippen molar-refractivity contribution in [1.29, 1.82) is 0 Å². The third-order valence-corrected chi connectivity index (χ3v) is 4.72. The maximum absolute atomic E-state index is 12.8. The van der Waals surface area contributed by atoms with Gasteiger partial charge >= 0.3 is 0 Å². The molecule has 4 rings (SSSR count). The average Bonchev–Trinajstić information content (AvgIpc) is 3.28. The molecule has 1 aromatic carbocycles. The van der Waals surface area contributed by atoms with Gasteiger partial charge in [-0.2, -0.15) is 4.98 Å². The van der Waals surface area contributed by atoms with Gasteiger partial charge in [-0.05, 0) is 24.3 Å². The molecule has 0 saturated carbocycles. The van der Waals surface area contributed by atoms with Crippen LogP contribution in [-0.2, 0) is 9.59 Å². The van der Waals surface area contributed by atoms with Gasteiger partial charge in [0.15, 0.2) is 6.61 Å². The van der Waals surface area contributed by atoms with Gasteiger partial charge in [-0.15, -0.1) is 0 Å². The summed E-state index contributed by atoms with van der Waals surface area (Å²) >= 11 is 0. The lowest BCUT2D eigenvalue weighted by atomic mass is 10.2. The van der Waals surface area contributed by atoms with Crippen LogP contribution in [0.15, 0.2) is 53.2 Å². The van der Waals surface area contributed by atoms with Gasteiger partial charge in [0.05, 0.1) is 0 Å². The lowest BCUT2D eigenvalue weighted by Gasteiger charge is -2.33. The fraction of sp³-hybridized carbons (Fsp3) is 0.286. The molecule has 160 valence electrons. The second-order valence-corrected chi connectivity index (χ2v) is 6.98. The van der Waals surface area contributed by atoms with Gasteiger partial charge in [-0.3, -0.25) is 9.59 Å². The number of hydrogen-bond donors (Lipinski definition) is 2. The Morgan fingerprint density at radius 3 is 2.84 bits per heavy atom. The van der Waals surface area contributed by atoms with Gasteiger partial charge in [-0.1, -0.05) is 23.4 Å². The highest BCUT2D eigenvalue weighted by molar-refractivity contribution is 5.87. The zero-order valence-electron chi connectivity index (χ0n) is 16.9. The largest absolute Gasteiger partial charge is 0.484 e. The van der Waals surface area contributed by atoms with E-state index in [1.165, 1.54) is 6.92 Å². The van der Waals surface area contributed by atoms with Gasteiger partial charge in [0, 0.05) is 38.3 Å². The highest BCUT2D eigenvalue weighted by Crippen LogP contribution is 2.24. The Morgan fingerprint density at radius 2 is 2.10 bits per heavy atom. The van der Waals surface area contributed by atoms with E-state index < -0.39 is 6.04 Å². The second-order valence-electron chi connectivity index (χ2n) is 6.98. The zero-order valence-corrected chi connectivity index (χ0v) is 16.9. The van der Waals surface area contributed by atoms with Crippen LogP contribution < -0.4 is 15.4 Å². The quantitative estimate of drug-likeness (QED) is 0.615. The molecule has 10 nitrogen and oxygen atoms in total. The van der Waals surface area contributed by atoms with E-state index in [0.29, 0.717) is 48.5 Å². The Kier molecular flexibility index (Phi) is 6.18. The van der Waals surface area contributed by atoms with Gasteiger partial charge in [0.2, 0.25) is 11.7 Å². The molecule has 0 spiro atoms. The molecule has 0 aliphatic carbocycles. The minimum atomic E-state index is -0.395. The summed E-state index contributed by atoms with van der Waals surface area (Å²) in [5, 5.41) is 9.88. The van der Waals surface area contributed by atoms with E-state index in [9.17, 15) is 9.59 Å². The number of pyridine rings is 1. The first-order chi connectivity index (χ1) is 15.1. The Balaban J connectivity index is 1.45. The van der Waals surface area contributed by atoms with Crippen molar-refractivity contribution in [3.63, 3.8) is 0 Å². The van der Waals surface area contributed by atoms with Crippen molar-refractivity contribution in [2.45, 2.75) is 13.0 Å². The van der Waals surface area contributed by atoms with Gasteiger partial charge in [0.25, 0.3) is 11.8 Å². The molecule has 1 aliphatic rings. The number of piperazine rings is 1. The van der Waals surface area contributed by atoms with Crippen LogP contribution in [0, 0.1) is 0 Å². The monoisotopic (exact) mass is 422 g/mol. The van der Waals surface area contributed by atoms with Gasteiger partial charge < -0.3 is 24.8 Å². The first kappa shape index (κ1) is 20.5. The molecule has 3 aromatic rings. The maximum atomic E-state index is 12.8. The smallest absolute Gasteiger partial charge is 0.261 e. The van der Waals surface area contributed by atoms with Gasteiger partial charge in [0.1, 0.15) is 17.6 Å². The number of nitrogens with zero attached hydrogens (tertiary/aromatic N) is 4. The fourth-order valence-electron chi connectivity index (χ4n) is 3.24. The van der Waals surface area contributed by atoms with E-state index >= 15 is 0 Å². The second kappa shape index (κ2) is 9.35. The van der Waals surface area contributed by atoms with Crippen LogP contribution in [0.1, 0.15) is 18.9 Å². The van der Waals surface area contributed by atoms with E-state index in [0.717, 1.165) is 0 Å². The molecular formula is C21H22N6O4. The van der Waals surface area contributed by atoms with Crippen LogP contribution in [0.5, 0.6) is 5.75 Å². The van der Waals surface area contributed by atoms with Gasteiger partial charge in [-0.25, -0.2) is 4.98 Å². The molecule has 2 amide bonds. The standard InChI is InChI=1S/C21H22N6O4/c1-14(28)24-18-8-7-15(11-23-18)20-25-21(31-26-20)17-12-22-9-10-27(17)19(29)13-30-16-5-3-2-4-6-16/h2-8,11,17,22H,9-10,12-13H2,1H3,(H,23,24,28). The van der Waals surface area contributed by atoms with Crippen molar-refractivity contribution in [3.8, 4) is 17.1 Å². The summed E-state index contributed by atoms with van der Waals surface area (Å²) in [5.41, 5.74) is 0.637. The highest BCUT2D eigenvalue weighted by Gasteiger charge is 2.32. The molecule has 1 atom stereocenters. The number of benzene rings is 1. The molecule has 1 aliphatic heterocycles. The summed E-state index contributed by atoms with van der Waals surface area (Å²) < 4.78 is 11.1. The van der Waals surface area contributed by atoms with E-state index in [-0.39, 0.29) is 18.4 Å². The number of aromatic nitrogens is 3. The number of anilines is 1. The third kappa shape index (κ3) is 5.04. The molecule has 1 unspecified atom stereocenters. The van der Waals surface area contributed by atoms with Crippen LogP contribution >= 0.6 is 0 Å². The molecule has 1 fully saturated rings. The molecule has 10 heteroatoms. The molecule has 31 heavy (non-hydrogen) atoms. The van der Waals surface area contributed by atoms with Crippen molar-refractivity contribution >= 4 is 17.6 Å². The van der Waals surface area contributed by atoms with Crippen molar-refractivity contribution in [2.75, 3.05) is 31.6 Å². The summed E-state index contributed by atoms with van der Waals surface area (Å²) in [7, 11) is 0. The van der Waals surface area contributed by atoms with Crippen LogP contribution in [0.3, 0.4) is 0 Å². The summed E-state index contributed by atoms with van der Waals surface area (Å²) in [6, 6.07) is 12.2. The summed E-state index contributed by atoms with van der Waals surface area (Å²) in [6.07, 6.45) is 1.55. The summed E-state index contributed by atoms with van der Waals surface area (Å²) in [6.45, 7) is 3.01. The van der Waals surface area contributed by atoms with E-state index in [4.69, 9.17) is 9.26 Å². The number of nitrogens with one attached hydrogen (secondary N) is 2. The number of ether oxygens (including phenoxy) is 1. The van der Waals surface area contributed by atoms with Crippen molar-refractivity contribution in [3.05, 3.63) is 54.6 Å². The SMILES string of the molecule is CC(=O)Nc1ccc(-c2noc(C3CNCCN3C(=O)COc3ccccc3)n2)cn1. The molecule has 3 heterocycles. The minimum absolute atomic E-state index is 0.0734. The molecule has 0 radical (unpaired) electrons. The molecule has 0 bridgehead atoms. The third-order valence-electron chi connectivity index (χ3n) is 4.72. The van der Waals surface area contributed by atoms with Crippen LogP contribution in [-0.4, -0.2) is 58.1 Å². The Morgan fingerprint density at radius 1 is 1.26 bits per heavy atom. The van der Waals surface area contributed by atoms with Crippen molar-refractivity contribution < 1.29 is 18.8 Å². The predicted octanol–water partition coefficient (Wildman–Crippen LogP) is 1.64. The predicted molar refractivity (Wildman–Crippen MR) is 111 cm³/mol. The van der Waals surface area contributed by atoms with E-state index in [1.807, 2.05) is 18.2 Å². The fourth-order valence-corrected chi connectivity index (χ4v) is 3.24. The molecule has 2 N–H and O–H groups in total. The number of carbonyl (C=O) groups is 2. The maximum Gasteiger partial charge on any atom is 0.261 e.